The number of benzene rings is 2. The number of amides is 4. The van der Waals surface area contributed by atoms with Crippen LogP contribution in [0.5, 0.6) is 0 Å². The minimum absolute atomic E-state index is 0.0260. The van der Waals surface area contributed by atoms with E-state index in [1.165, 1.54) is 9.80 Å². The van der Waals surface area contributed by atoms with Gasteiger partial charge < -0.3 is 10.2 Å². The van der Waals surface area contributed by atoms with Crippen molar-refractivity contribution in [2.24, 2.45) is 11.8 Å². The van der Waals surface area contributed by atoms with Crippen molar-refractivity contribution in [3.63, 3.8) is 0 Å². The first-order chi connectivity index (χ1) is 18.3. The first kappa shape index (κ1) is 27.9. The molecule has 0 bridgehead atoms. The summed E-state index contributed by atoms with van der Waals surface area (Å²) in [7, 11) is 0. The monoisotopic (exact) mass is 555 g/mol. The average Bonchev–Trinajstić information content (AvgIpc) is 3.15. The number of nitrogens with zero attached hydrogens (tertiary/aromatic N) is 2. The Morgan fingerprint density at radius 1 is 1.03 bits per heavy atom. The molecule has 1 heterocycles. The van der Waals surface area contributed by atoms with Crippen LogP contribution in [0.15, 0.2) is 60.7 Å². The Morgan fingerprint density at radius 2 is 1.68 bits per heavy atom. The minimum atomic E-state index is -0.826. The lowest BCUT2D eigenvalue weighted by Crippen LogP contribution is -2.51. The van der Waals surface area contributed by atoms with E-state index in [1.54, 1.807) is 18.2 Å². The van der Waals surface area contributed by atoms with Crippen molar-refractivity contribution < 1.29 is 19.2 Å². The average molecular weight is 556 g/mol. The fourth-order valence-corrected chi connectivity index (χ4v) is 5.59. The number of allylic oxidation sites excluding steroid dienone is 2. The number of halogens is 2. The van der Waals surface area contributed by atoms with E-state index < -0.39 is 6.04 Å². The zero-order valence-electron chi connectivity index (χ0n) is 21.2. The molecule has 0 aromatic heterocycles. The number of rotatable bonds is 10. The van der Waals surface area contributed by atoms with Crippen LogP contribution < -0.4 is 5.32 Å². The molecule has 4 amide bonds. The Morgan fingerprint density at radius 3 is 2.29 bits per heavy atom. The van der Waals surface area contributed by atoms with E-state index in [1.807, 2.05) is 49.4 Å². The molecule has 4 rings (SSSR count). The number of imide groups is 1. The van der Waals surface area contributed by atoms with Crippen molar-refractivity contribution in [1.82, 2.24) is 15.1 Å². The second-order valence-electron chi connectivity index (χ2n) is 9.59. The number of nitrogens with one attached hydrogen (secondary N) is 1. The van der Waals surface area contributed by atoms with E-state index >= 15 is 0 Å². The fourth-order valence-electron chi connectivity index (χ4n) is 5.12. The number of likely N-dealkylation sites (N-methyl/N-ethyl adjacent to an activating group) is 1. The van der Waals surface area contributed by atoms with Crippen molar-refractivity contribution in [1.29, 1.82) is 0 Å². The van der Waals surface area contributed by atoms with Crippen LogP contribution in [0, 0.1) is 11.8 Å². The Bertz CT molecular complexity index is 1210. The highest BCUT2D eigenvalue weighted by Gasteiger charge is 2.47. The summed E-state index contributed by atoms with van der Waals surface area (Å²) in [6, 6.07) is 13.6. The van der Waals surface area contributed by atoms with Crippen LogP contribution in [0.4, 0.5) is 0 Å². The molecule has 1 fully saturated rings. The molecule has 1 aliphatic heterocycles. The van der Waals surface area contributed by atoms with E-state index in [4.69, 9.17) is 23.2 Å². The zero-order chi connectivity index (χ0) is 27.2. The molecule has 1 saturated heterocycles. The molecule has 9 heteroatoms. The largest absolute Gasteiger partial charge is 0.355 e. The van der Waals surface area contributed by atoms with Crippen molar-refractivity contribution in [2.75, 3.05) is 13.1 Å². The number of likely N-dealkylation sites (tertiary alicyclic amines) is 1. The Hall–Kier alpha value is -3.16. The molecule has 200 valence electrons. The summed E-state index contributed by atoms with van der Waals surface area (Å²) in [5.41, 5.74) is 1.53. The van der Waals surface area contributed by atoms with E-state index in [0.29, 0.717) is 41.4 Å². The van der Waals surface area contributed by atoms with E-state index in [9.17, 15) is 19.2 Å². The molecule has 0 unspecified atom stereocenters. The quantitative estimate of drug-likeness (QED) is 0.347. The lowest BCUT2D eigenvalue weighted by molar-refractivity contribution is -0.144. The van der Waals surface area contributed by atoms with Crippen molar-refractivity contribution in [2.45, 2.75) is 45.2 Å². The zero-order valence-corrected chi connectivity index (χ0v) is 22.8. The summed E-state index contributed by atoms with van der Waals surface area (Å²) in [5.74, 6) is -1.81. The maximum absolute atomic E-state index is 13.8. The molecule has 3 atom stereocenters. The molecule has 7 nitrogen and oxygen atoms in total. The lowest BCUT2D eigenvalue weighted by Gasteiger charge is -2.32. The van der Waals surface area contributed by atoms with Crippen LogP contribution in [-0.4, -0.2) is 52.6 Å². The normalized spacial score (nSPS) is 19.3. The lowest BCUT2D eigenvalue weighted by atomic mass is 9.85. The van der Waals surface area contributed by atoms with Crippen LogP contribution in [0.2, 0.25) is 10.0 Å². The van der Waals surface area contributed by atoms with Gasteiger partial charge in [0, 0.05) is 42.5 Å². The van der Waals surface area contributed by atoms with E-state index in [2.05, 4.69) is 5.32 Å². The highest BCUT2D eigenvalue weighted by molar-refractivity contribution is 6.35. The number of carbonyl (C=O) groups excluding carboxylic acids is 4. The van der Waals surface area contributed by atoms with Crippen LogP contribution >= 0.6 is 23.2 Å². The predicted octanol–water partition coefficient (Wildman–Crippen LogP) is 4.41. The Balaban J connectivity index is 1.59. The summed E-state index contributed by atoms with van der Waals surface area (Å²) >= 11 is 12.5. The second-order valence-corrected chi connectivity index (χ2v) is 10.4. The standard InChI is InChI=1S/C29H31Cl2N3O4/c1-2-32-27(36)25(16-19-8-4-3-5-9-19)34(18-20-12-13-21(30)17-24(20)31)26(35)14-15-33-28(37)22-10-6-7-11-23(22)29(33)38/h3-9,12-13,17,22-23,25H,2,10-11,14-16,18H2,1H3,(H,32,36)/t22-,23+,25-/m0/s1. The van der Waals surface area contributed by atoms with Gasteiger partial charge in [0.1, 0.15) is 6.04 Å². The van der Waals surface area contributed by atoms with Crippen LogP contribution in [-0.2, 0) is 32.1 Å². The highest BCUT2D eigenvalue weighted by Crippen LogP contribution is 2.35. The molecular formula is C29H31Cl2N3O4. The number of hydrogen-bond acceptors (Lipinski definition) is 4. The first-order valence-corrected chi connectivity index (χ1v) is 13.6. The molecule has 0 saturated carbocycles. The smallest absolute Gasteiger partial charge is 0.243 e. The predicted molar refractivity (Wildman–Crippen MR) is 146 cm³/mol. The highest BCUT2D eigenvalue weighted by atomic mass is 35.5. The SMILES string of the molecule is CCNC(=O)[C@H](Cc1ccccc1)N(Cc1ccc(Cl)cc1Cl)C(=O)CCN1C(=O)[C@H]2CC=CC[C@H]2C1=O. The second kappa shape index (κ2) is 12.6. The van der Waals surface area contributed by atoms with Crippen molar-refractivity contribution in [3.8, 4) is 0 Å². The van der Waals surface area contributed by atoms with Gasteiger partial charge in [-0.1, -0.05) is 71.8 Å². The van der Waals surface area contributed by atoms with Gasteiger partial charge in [-0.3, -0.25) is 24.1 Å². The van der Waals surface area contributed by atoms with E-state index in [0.717, 1.165) is 5.56 Å². The van der Waals surface area contributed by atoms with Gasteiger partial charge in [0.05, 0.1) is 11.8 Å². The van der Waals surface area contributed by atoms with Crippen LogP contribution in [0.3, 0.4) is 0 Å². The molecular weight excluding hydrogens is 525 g/mol. The third-order valence-electron chi connectivity index (χ3n) is 7.13. The summed E-state index contributed by atoms with van der Waals surface area (Å²) in [6.45, 7) is 2.27. The minimum Gasteiger partial charge on any atom is -0.355 e. The van der Waals surface area contributed by atoms with Gasteiger partial charge in [0.25, 0.3) is 0 Å². The third kappa shape index (κ3) is 6.27. The van der Waals surface area contributed by atoms with Gasteiger partial charge in [-0.15, -0.1) is 0 Å². The Kier molecular flexibility index (Phi) is 9.23. The Labute approximate surface area is 232 Å². The maximum Gasteiger partial charge on any atom is 0.243 e. The van der Waals surface area contributed by atoms with Crippen molar-refractivity contribution >= 4 is 46.8 Å². The molecule has 38 heavy (non-hydrogen) atoms. The molecule has 0 radical (unpaired) electrons. The van der Waals surface area contributed by atoms with Crippen molar-refractivity contribution in [3.05, 3.63) is 81.9 Å². The molecule has 1 N–H and O–H groups in total. The maximum atomic E-state index is 13.8. The number of carbonyl (C=O) groups is 4. The van der Waals surface area contributed by atoms with Gasteiger partial charge in [-0.05, 0) is 43.0 Å². The number of hydrogen-bond donors (Lipinski definition) is 1. The third-order valence-corrected chi connectivity index (χ3v) is 7.71. The van der Waals surface area contributed by atoms with Gasteiger partial charge >= 0.3 is 0 Å². The van der Waals surface area contributed by atoms with Gasteiger partial charge in [0.15, 0.2) is 0 Å². The van der Waals surface area contributed by atoms with E-state index in [-0.39, 0.29) is 55.0 Å². The summed E-state index contributed by atoms with van der Waals surface area (Å²) < 4.78 is 0. The van der Waals surface area contributed by atoms with Crippen LogP contribution in [0.1, 0.15) is 37.3 Å². The summed E-state index contributed by atoms with van der Waals surface area (Å²) in [5, 5.41) is 3.69. The molecule has 0 spiro atoms. The number of fused-ring (bicyclic) bond motifs is 1. The molecule has 2 aliphatic rings. The summed E-state index contributed by atoms with van der Waals surface area (Å²) in [6.07, 6.45) is 5.13. The fraction of sp³-hybridized carbons (Fsp3) is 0.379. The molecule has 2 aromatic rings. The molecule has 2 aromatic carbocycles. The van der Waals surface area contributed by atoms with Gasteiger partial charge in [0.2, 0.25) is 23.6 Å². The summed E-state index contributed by atoms with van der Waals surface area (Å²) in [4.78, 5) is 55.6. The van der Waals surface area contributed by atoms with Gasteiger partial charge in [-0.2, -0.15) is 0 Å². The van der Waals surface area contributed by atoms with Crippen LogP contribution in [0.25, 0.3) is 0 Å². The first-order valence-electron chi connectivity index (χ1n) is 12.8. The van der Waals surface area contributed by atoms with Gasteiger partial charge in [-0.25, -0.2) is 0 Å². The topological polar surface area (TPSA) is 86.8 Å². The molecule has 1 aliphatic carbocycles.